The Balaban J connectivity index is 1.62. The highest BCUT2D eigenvalue weighted by Crippen LogP contribution is 2.21. The third-order valence-electron chi connectivity index (χ3n) is 4.22. The van der Waals surface area contributed by atoms with Gasteiger partial charge in [-0.1, -0.05) is 0 Å². The van der Waals surface area contributed by atoms with Gasteiger partial charge in [-0.25, -0.2) is 8.42 Å². The number of hydrogen-bond donors (Lipinski definition) is 2. The number of halogens is 1. The molecule has 7 nitrogen and oxygen atoms in total. The molecule has 1 fully saturated rings. The molecule has 2 aromatic carbocycles. The molecule has 9 heteroatoms. The summed E-state index contributed by atoms with van der Waals surface area (Å²) in [6.07, 6.45) is 1.72. The first-order valence-electron chi connectivity index (χ1n) is 8.34. The first-order valence-corrected chi connectivity index (χ1v) is 10.9. The lowest BCUT2D eigenvalue weighted by Crippen LogP contribution is -2.41. The number of nitrogens with one attached hydrogen (secondary N) is 2. The highest BCUT2D eigenvalue weighted by molar-refractivity contribution is 14.1. The summed E-state index contributed by atoms with van der Waals surface area (Å²) >= 11 is 2.13. The molecule has 0 radical (unpaired) electrons. The minimum atomic E-state index is -3.52. The molecule has 0 bridgehead atoms. The Hall–Kier alpha value is -1.98. The number of carbonyl (C=O) groups excluding carboxylic acids is 2. The molecule has 1 aliphatic rings. The Morgan fingerprint density at radius 2 is 1.26 bits per heavy atom. The highest BCUT2D eigenvalue weighted by atomic mass is 127. The van der Waals surface area contributed by atoms with Gasteiger partial charge in [-0.05, 0) is 84.0 Å². The molecule has 2 aromatic rings. The van der Waals surface area contributed by atoms with Gasteiger partial charge in [0.25, 0.3) is 11.8 Å². The Morgan fingerprint density at radius 3 is 1.74 bits per heavy atom. The molecular formula is C18H18IN3O4S. The third kappa shape index (κ3) is 4.66. The van der Waals surface area contributed by atoms with Crippen LogP contribution in [0.15, 0.2) is 53.4 Å². The number of carbonyl (C=O) groups is 2. The molecule has 0 spiro atoms. The largest absolute Gasteiger partial charge is 0.269 e. The van der Waals surface area contributed by atoms with Gasteiger partial charge in [0.1, 0.15) is 0 Å². The molecule has 2 amide bonds. The quantitative estimate of drug-likeness (QED) is 0.498. The molecule has 0 unspecified atom stereocenters. The molecule has 142 valence electrons. The Kier molecular flexibility index (Phi) is 6.12. The van der Waals surface area contributed by atoms with Gasteiger partial charge in [0.2, 0.25) is 10.0 Å². The number of sulfonamides is 1. The fourth-order valence-electron chi connectivity index (χ4n) is 2.71. The number of hydrogen-bond acceptors (Lipinski definition) is 4. The van der Waals surface area contributed by atoms with Crippen molar-refractivity contribution < 1.29 is 18.0 Å². The Bertz CT molecular complexity index is 938. The van der Waals surface area contributed by atoms with E-state index in [9.17, 15) is 18.0 Å². The molecule has 0 saturated carbocycles. The van der Waals surface area contributed by atoms with Crippen molar-refractivity contribution in [1.29, 1.82) is 0 Å². The van der Waals surface area contributed by atoms with Gasteiger partial charge in [-0.15, -0.1) is 0 Å². The van der Waals surface area contributed by atoms with E-state index in [-0.39, 0.29) is 10.5 Å². The Labute approximate surface area is 171 Å². The van der Waals surface area contributed by atoms with Crippen LogP contribution in [0, 0.1) is 3.57 Å². The topological polar surface area (TPSA) is 95.6 Å². The molecule has 1 aliphatic heterocycles. The summed E-state index contributed by atoms with van der Waals surface area (Å²) in [4.78, 5) is 24.3. The monoisotopic (exact) mass is 499 g/mol. The van der Waals surface area contributed by atoms with Crippen molar-refractivity contribution in [3.8, 4) is 0 Å². The van der Waals surface area contributed by atoms with Gasteiger partial charge < -0.3 is 0 Å². The van der Waals surface area contributed by atoms with Crippen LogP contribution in [0.4, 0.5) is 0 Å². The van der Waals surface area contributed by atoms with Crippen LogP contribution >= 0.6 is 22.6 Å². The van der Waals surface area contributed by atoms with E-state index in [0.29, 0.717) is 18.7 Å². The Morgan fingerprint density at radius 1 is 0.815 bits per heavy atom. The number of nitrogens with zero attached hydrogens (tertiary/aromatic N) is 1. The second-order valence-electron chi connectivity index (χ2n) is 6.05. The lowest BCUT2D eigenvalue weighted by Gasteiger charge is -2.15. The van der Waals surface area contributed by atoms with Crippen LogP contribution in [0.1, 0.15) is 33.6 Å². The maximum atomic E-state index is 12.5. The normalized spacial score (nSPS) is 14.7. The molecular weight excluding hydrogens is 481 g/mol. The first-order chi connectivity index (χ1) is 12.9. The van der Waals surface area contributed by atoms with Crippen molar-refractivity contribution in [3.05, 3.63) is 63.2 Å². The fraction of sp³-hybridized carbons (Fsp3) is 0.222. The van der Waals surface area contributed by atoms with Crippen molar-refractivity contribution in [1.82, 2.24) is 15.2 Å². The zero-order chi connectivity index (χ0) is 19.4. The summed E-state index contributed by atoms with van der Waals surface area (Å²) in [5.74, 6) is -0.966. The van der Waals surface area contributed by atoms with Gasteiger partial charge in [0.05, 0.1) is 4.90 Å². The van der Waals surface area contributed by atoms with Gasteiger partial charge in [-0.3, -0.25) is 20.4 Å². The number of hydrazine groups is 1. The highest BCUT2D eigenvalue weighted by Gasteiger charge is 2.27. The van der Waals surface area contributed by atoms with Crippen LogP contribution in [0.2, 0.25) is 0 Å². The van der Waals surface area contributed by atoms with Crippen LogP contribution in [0.25, 0.3) is 0 Å². The zero-order valence-electron chi connectivity index (χ0n) is 14.3. The number of benzene rings is 2. The van der Waals surface area contributed by atoms with E-state index in [0.717, 1.165) is 16.4 Å². The van der Waals surface area contributed by atoms with Gasteiger partial charge in [-0.2, -0.15) is 4.31 Å². The summed E-state index contributed by atoms with van der Waals surface area (Å²) in [5.41, 5.74) is 5.33. The predicted octanol–water partition coefficient (Wildman–Crippen LogP) is 2.15. The van der Waals surface area contributed by atoms with E-state index in [1.165, 1.54) is 28.6 Å². The first kappa shape index (κ1) is 19.8. The van der Waals surface area contributed by atoms with Crippen molar-refractivity contribution in [2.45, 2.75) is 17.7 Å². The van der Waals surface area contributed by atoms with Crippen LogP contribution in [0.3, 0.4) is 0 Å². The average molecular weight is 499 g/mol. The zero-order valence-corrected chi connectivity index (χ0v) is 17.3. The summed E-state index contributed by atoms with van der Waals surface area (Å²) in [6, 6.07) is 12.5. The summed E-state index contributed by atoms with van der Waals surface area (Å²) in [6.45, 7) is 1.05. The predicted molar refractivity (Wildman–Crippen MR) is 109 cm³/mol. The number of rotatable bonds is 4. The van der Waals surface area contributed by atoms with Crippen LogP contribution in [-0.2, 0) is 10.0 Å². The standard InChI is InChI=1S/C18H18IN3O4S/c19-15-7-3-13(4-8-15)17(23)20-21-18(24)14-5-9-16(10-6-14)27(25,26)22-11-1-2-12-22/h3-10H,1-2,11-12H2,(H,20,23)(H,21,24). The molecule has 0 aliphatic carbocycles. The average Bonchev–Trinajstić information content (AvgIpc) is 3.22. The van der Waals surface area contributed by atoms with E-state index >= 15 is 0 Å². The lowest BCUT2D eigenvalue weighted by atomic mass is 10.2. The smallest absolute Gasteiger partial charge is 0.267 e. The molecule has 1 heterocycles. The van der Waals surface area contributed by atoms with Crippen molar-refractivity contribution in [2.24, 2.45) is 0 Å². The molecule has 27 heavy (non-hydrogen) atoms. The van der Waals surface area contributed by atoms with E-state index in [4.69, 9.17) is 0 Å². The van der Waals surface area contributed by atoms with Crippen LogP contribution in [-0.4, -0.2) is 37.6 Å². The van der Waals surface area contributed by atoms with E-state index in [2.05, 4.69) is 33.4 Å². The maximum absolute atomic E-state index is 12.5. The molecule has 3 rings (SSSR count). The van der Waals surface area contributed by atoms with Crippen LogP contribution in [0.5, 0.6) is 0 Å². The van der Waals surface area contributed by atoms with Gasteiger partial charge >= 0.3 is 0 Å². The maximum Gasteiger partial charge on any atom is 0.269 e. The van der Waals surface area contributed by atoms with E-state index in [1.54, 1.807) is 24.3 Å². The van der Waals surface area contributed by atoms with Crippen LogP contribution < -0.4 is 10.9 Å². The third-order valence-corrected chi connectivity index (χ3v) is 6.85. The second kappa shape index (κ2) is 8.36. The van der Waals surface area contributed by atoms with Crippen molar-refractivity contribution >= 4 is 44.4 Å². The van der Waals surface area contributed by atoms with E-state index in [1.807, 2.05) is 0 Å². The second-order valence-corrected chi connectivity index (χ2v) is 9.23. The minimum absolute atomic E-state index is 0.156. The summed E-state index contributed by atoms with van der Waals surface area (Å²) < 4.78 is 27.4. The van der Waals surface area contributed by atoms with Crippen molar-refractivity contribution in [2.75, 3.05) is 13.1 Å². The molecule has 0 atom stereocenters. The summed E-state index contributed by atoms with van der Waals surface area (Å²) in [7, 11) is -3.52. The minimum Gasteiger partial charge on any atom is -0.267 e. The SMILES string of the molecule is O=C(NNC(=O)c1ccc(S(=O)(=O)N2CCCC2)cc1)c1ccc(I)cc1. The fourth-order valence-corrected chi connectivity index (χ4v) is 4.59. The summed E-state index contributed by atoms with van der Waals surface area (Å²) in [5, 5.41) is 0. The molecule has 1 saturated heterocycles. The molecule has 0 aromatic heterocycles. The van der Waals surface area contributed by atoms with Crippen molar-refractivity contribution in [3.63, 3.8) is 0 Å². The van der Waals surface area contributed by atoms with Gasteiger partial charge in [0.15, 0.2) is 0 Å². The lowest BCUT2D eigenvalue weighted by molar-refractivity contribution is 0.0846. The van der Waals surface area contributed by atoms with Gasteiger partial charge in [0, 0.05) is 27.8 Å². The molecule has 2 N–H and O–H groups in total. The van der Waals surface area contributed by atoms with E-state index < -0.39 is 21.8 Å². The number of amides is 2.